The van der Waals surface area contributed by atoms with E-state index in [2.05, 4.69) is 0 Å². The molecule has 0 N–H and O–H groups in total. The Morgan fingerprint density at radius 3 is 2.00 bits per heavy atom. The second-order valence-corrected chi connectivity index (χ2v) is 4.35. The van der Waals surface area contributed by atoms with Crippen molar-refractivity contribution in [3.63, 3.8) is 0 Å². The summed E-state index contributed by atoms with van der Waals surface area (Å²) in [5.41, 5.74) is -0.773. The number of hydrogen-bond donors (Lipinski definition) is 0. The van der Waals surface area contributed by atoms with Crippen molar-refractivity contribution in [3.8, 4) is 0 Å². The van der Waals surface area contributed by atoms with Gasteiger partial charge in [0.15, 0.2) is 0 Å². The molecule has 0 aromatic heterocycles. The van der Waals surface area contributed by atoms with E-state index in [-0.39, 0.29) is 18.6 Å². The summed E-state index contributed by atoms with van der Waals surface area (Å²) in [6.07, 6.45) is -10.3. The van der Waals surface area contributed by atoms with Gasteiger partial charge in [0.2, 0.25) is 0 Å². The monoisotopic (exact) mass is 284 g/mol. The van der Waals surface area contributed by atoms with Gasteiger partial charge in [-0.1, -0.05) is 12.1 Å². The molecule has 1 nitrogen and oxygen atoms in total. The first-order valence-electron chi connectivity index (χ1n) is 5.55. The number of rotatable bonds is 1. The normalized spacial score (nSPS) is 24.7. The third-order valence-electron chi connectivity index (χ3n) is 3.08. The molecule has 2 rings (SSSR count). The third-order valence-corrected chi connectivity index (χ3v) is 3.08. The van der Waals surface area contributed by atoms with E-state index in [9.17, 15) is 26.3 Å². The summed E-state index contributed by atoms with van der Waals surface area (Å²) in [4.78, 5) is 0. The summed E-state index contributed by atoms with van der Waals surface area (Å²) in [7, 11) is 0. The summed E-state index contributed by atoms with van der Waals surface area (Å²) >= 11 is 0. The number of hydrogen-bond acceptors (Lipinski definition) is 1. The minimum absolute atomic E-state index is 0.0458. The standard InChI is InChI=1S/C12H10F6O/c13-11(14,15)8-3-1-7(2-4-8)10-9(5-6-19-10)12(16,17)18/h1-4,9-10H,5-6H2/t9-,10-/m1/s1. The SMILES string of the molecule is FC(F)(F)c1ccc([C@H]2OCC[C@H]2C(F)(F)F)cc1. The fourth-order valence-corrected chi connectivity index (χ4v) is 2.12. The summed E-state index contributed by atoms with van der Waals surface area (Å²) in [5, 5.41) is 0. The Bertz CT molecular complexity index is 433. The first-order chi connectivity index (χ1) is 8.69. The van der Waals surface area contributed by atoms with Crippen molar-refractivity contribution in [2.75, 3.05) is 6.61 Å². The lowest BCUT2D eigenvalue weighted by Gasteiger charge is -2.21. The van der Waals surface area contributed by atoms with Crippen molar-refractivity contribution in [2.45, 2.75) is 24.9 Å². The predicted molar refractivity (Wildman–Crippen MR) is 54.3 cm³/mol. The van der Waals surface area contributed by atoms with E-state index in [1.54, 1.807) is 0 Å². The zero-order chi connectivity index (χ0) is 14.3. The highest BCUT2D eigenvalue weighted by Crippen LogP contribution is 2.44. The molecule has 19 heavy (non-hydrogen) atoms. The van der Waals surface area contributed by atoms with Crippen LogP contribution in [0.1, 0.15) is 23.7 Å². The largest absolute Gasteiger partial charge is 0.416 e. The fraction of sp³-hybridized carbons (Fsp3) is 0.500. The van der Waals surface area contributed by atoms with E-state index in [0.717, 1.165) is 24.3 Å². The number of benzene rings is 1. The van der Waals surface area contributed by atoms with Gasteiger partial charge in [0.05, 0.1) is 17.6 Å². The first kappa shape index (κ1) is 14.2. The number of alkyl halides is 6. The van der Waals surface area contributed by atoms with Crippen LogP contribution in [-0.4, -0.2) is 12.8 Å². The molecule has 0 bridgehead atoms. The van der Waals surface area contributed by atoms with Gasteiger partial charge < -0.3 is 4.74 Å². The molecule has 106 valence electrons. The Morgan fingerprint density at radius 2 is 1.53 bits per heavy atom. The van der Waals surface area contributed by atoms with Crippen molar-refractivity contribution in [3.05, 3.63) is 35.4 Å². The predicted octanol–water partition coefficient (Wildman–Crippen LogP) is 4.35. The van der Waals surface area contributed by atoms with Gasteiger partial charge in [-0.2, -0.15) is 26.3 Å². The Labute approximate surface area is 105 Å². The Balaban J connectivity index is 2.23. The number of ether oxygens (including phenoxy) is 1. The maximum Gasteiger partial charge on any atom is 0.416 e. The van der Waals surface area contributed by atoms with Gasteiger partial charge >= 0.3 is 12.4 Å². The van der Waals surface area contributed by atoms with Gasteiger partial charge in [-0.25, -0.2) is 0 Å². The molecule has 0 unspecified atom stereocenters. The molecule has 7 heteroatoms. The van der Waals surface area contributed by atoms with Crippen LogP contribution < -0.4 is 0 Å². The molecule has 0 radical (unpaired) electrons. The van der Waals surface area contributed by atoms with Crippen LogP contribution in [-0.2, 0) is 10.9 Å². The first-order valence-corrected chi connectivity index (χ1v) is 5.55. The van der Waals surface area contributed by atoms with Crippen molar-refractivity contribution < 1.29 is 31.1 Å². The molecular weight excluding hydrogens is 274 g/mol. The lowest BCUT2D eigenvalue weighted by atomic mass is 9.94. The molecule has 0 saturated carbocycles. The van der Waals surface area contributed by atoms with Gasteiger partial charge in [-0.3, -0.25) is 0 Å². The molecule has 1 fully saturated rings. The highest BCUT2D eigenvalue weighted by atomic mass is 19.4. The van der Waals surface area contributed by atoms with Crippen molar-refractivity contribution >= 4 is 0 Å². The maximum atomic E-state index is 12.7. The van der Waals surface area contributed by atoms with Crippen LogP contribution >= 0.6 is 0 Å². The van der Waals surface area contributed by atoms with E-state index in [1.165, 1.54) is 0 Å². The van der Waals surface area contributed by atoms with Crippen LogP contribution in [0.4, 0.5) is 26.3 Å². The van der Waals surface area contributed by atoms with E-state index in [0.29, 0.717) is 0 Å². The quantitative estimate of drug-likeness (QED) is 0.697. The summed E-state index contributed by atoms with van der Waals surface area (Å²) in [5.74, 6) is -1.66. The van der Waals surface area contributed by atoms with Crippen LogP contribution in [0.3, 0.4) is 0 Å². The average Bonchev–Trinajstić information content (AvgIpc) is 2.76. The maximum absolute atomic E-state index is 12.7. The second-order valence-electron chi connectivity index (χ2n) is 4.35. The van der Waals surface area contributed by atoms with E-state index in [1.807, 2.05) is 0 Å². The van der Waals surface area contributed by atoms with Crippen molar-refractivity contribution in [1.29, 1.82) is 0 Å². The van der Waals surface area contributed by atoms with E-state index >= 15 is 0 Å². The zero-order valence-electron chi connectivity index (χ0n) is 9.55. The lowest BCUT2D eigenvalue weighted by Crippen LogP contribution is -2.25. The molecule has 0 amide bonds. The topological polar surface area (TPSA) is 9.23 Å². The van der Waals surface area contributed by atoms with Crippen LogP contribution in [0.2, 0.25) is 0 Å². The van der Waals surface area contributed by atoms with E-state index in [4.69, 9.17) is 4.74 Å². The summed E-state index contributed by atoms with van der Waals surface area (Å²) in [6, 6.07) is 3.62. The minimum atomic E-state index is -4.50. The molecular formula is C12H10F6O. The molecule has 1 aliphatic heterocycles. The van der Waals surface area contributed by atoms with Crippen molar-refractivity contribution in [1.82, 2.24) is 0 Å². The molecule has 2 atom stereocenters. The molecule has 1 saturated heterocycles. The fourth-order valence-electron chi connectivity index (χ4n) is 2.12. The summed E-state index contributed by atoms with van der Waals surface area (Å²) in [6.45, 7) is -0.0458. The van der Waals surface area contributed by atoms with Crippen LogP contribution in [0.25, 0.3) is 0 Å². The molecule has 1 aromatic rings. The van der Waals surface area contributed by atoms with Gasteiger partial charge in [0.25, 0.3) is 0 Å². The Kier molecular flexibility index (Phi) is 3.51. The highest BCUT2D eigenvalue weighted by molar-refractivity contribution is 5.27. The smallest absolute Gasteiger partial charge is 0.373 e. The van der Waals surface area contributed by atoms with Gasteiger partial charge in [-0.15, -0.1) is 0 Å². The Morgan fingerprint density at radius 1 is 0.947 bits per heavy atom. The Hall–Kier alpha value is -1.24. The van der Waals surface area contributed by atoms with Gasteiger partial charge in [0.1, 0.15) is 0 Å². The highest BCUT2D eigenvalue weighted by Gasteiger charge is 2.48. The third kappa shape index (κ3) is 3.02. The summed E-state index contributed by atoms with van der Waals surface area (Å²) < 4.78 is 80.2. The van der Waals surface area contributed by atoms with Gasteiger partial charge in [-0.05, 0) is 24.1 Å². The number of halogens is 6. The van der Waals surface area contributed by atoms with E-state index < -0.39 is 29.9 Å². The zero-order valence-corrected chi connectivity index (χ0v) is 9.55. The van der Waals surface area contributed by atoms with Crippen LogP contribution in [0, 0.1) is 5.92 Å². The molecule has 1 heterocycles. The lowest BCUT2D eigenvalue weighted by molar-refractivity contribution is -0.187. The van der Waals surface area contributed by atoms with Gasteiger partial charge in [0, 0.05) is 6.61 Å². The van der Waals surface area contributed by atoms with Crippen LogP contribution in [0.5, 0.6) is 0 Å². The molecule has 0 spiro atoms. The van der Waals surface area contributed by atoms with Crippen LogP contribution in [0.15, 0.2) is 24.3 Å². The average molecular weight is 284 g/mol. The second kappa shape index (κ2) is 4.70. The van der Waals surface area contributed by atoms with Crippen molar-refractivity contribution in [2.24, 2.45) is 5.92 Å². The molecule has 0 aliphatic carbocycles. The molecule has 1 aromatic carbocycles. The minimum Gasteiger partial charge on any atom is -0.373 e. The molecule has 1 aliphatic rings.